The molecule has 0 bridgehead atoms. The lowest BCUT2D eigenvalue weighted by Gasteiger charge is -2.18. The number of halogens is 1. The van der Waals surface area contributed by atoms with Crippen molar-refractivity contribution in [3.63, 3.8) is 0 Å². The van der Waals surface area contributed by atoms with Gasteiger partial charge in [0, 0.05) is 13.6 Å². The van der Waals surface area contributed by atoms with Crippen LogP contribution in [0.15, 0.2) is 59.6 Å². The van der Waals surface area contributed by atoms with Crippen LogP contribution in [0.2, 0.25) is 0 Å². The quantitative estimate of drug-likeness (QED) is 0.384. The van der Waals surface area contributed by atoms with Crippen LogP contribution in [0, 0.1) is 0 Å². The fourth-order valence-electron chi connectivity index (χ4n) is 2.37. The van der Waals surface area contributed by atoms with Gasteiger partial charge in [-0.15, -0.1) is 24.0 Å². The SMILES string of the molecule is CN=C(NCc1ccc(OC(C)C)cc1)NC(C)c1ccccc1.I. The minimum absolute atomic E-state index is 0. The number of aliphatic imine (C=N–C) groups is 1. The van der Waals surface area contributed by atoms with Crippen LogP contribution in [0.4, 0.5) is 0 Å². The van der Waals surface area contributed by atoms with E-state index in [1.165, 1.54) is 11.1 Å². The van der Waals surface area contributed by atoms with Gasteiger partial charge >= 0.3 is 0 Å². The van der Waals surface area contributed by atoms with Gasteiger partial charge in [-0.25, -0.2) is 0 Å². The monoisotopic (exact) mass is 453 g/mol. The predicted octanol–water partition coefficient (Wildman–Crippen LogP) is 4.52. The summed E-state index contributed by atoms with van der Waals surface area (Å²) in [4.78, 5) is 4.30. The molecule has 0 radical (unpaired) electrons. The Bertz CT molecular complexity index is 642. The molecule has 0 aliphatic rings. The number of guanidine groups is 1. The smallest absolute Gasteiger partial charge is 0.191 e. The van der Waals surface area contributed by atoms with Crippen molar-refractivity contribution in [1.29, 1.82) is 0 Å². The van der Waals surface area contributed by atoms with Gasteiger partial charge in [-0.3, -0.25) is 4.99 Å². The topological polar surface area (TPSA) is 45.7 Å². The minimum atomic E-state index is 0. The van der Waals surface area contributed by atoms with Gasteiger partial charge in [-0.1, -0.05) is 42.5 Å². The highest BCUT2D eigenvalue weighted by molar-refractivity contribution is 14.0. The maximum atomic E-state index is 5.66. The van der Waals surface area contributed by atoms with Gasteiger partial charge in [-0.2, -0.15) is 0 Å². The molecule has 0 aromatic heterocycles. The van der Waals surface area contributed by atoms with Crippen LogP contribution in [0.3, 0.4) is 0 Å². The Morgan fingerprint density at radius 1 is 1.00 bits per heavy atom. The Labute approximate surface area is 168 Å². The second-order valence-electron chi connectivity index (χ2n) is 6.01. The van der Waals surface area contributed by atoms with Crippen molar-refractivity contribution in [3.05, 3.63) is 65.7 Å². The van der Waals surface area contributed by atoms with Crippen LogP contribution >= 0.6 is 24.0 Å². The summed E-state index contributed by atoms with van der Waals surface area (Å²) in [5.41, 5.74) is 2.41. The highest BCUT2D eigenvalue weighted by Crippen LogP contribution is 2.14. The average molecular weight is 453 g/mol. The maximum Gasteiger partial charge on any atom is 0.191 e. The fraction of sp³-hybridized carbons (Fsp3) is 0.350. The molecular formula is C20H28IN3O. The Kier molecular flexibility index (Phi) is 9.34. The van der Waals surface area contributed by atoms with Crippen LogP contribution in [0.1, 0.15) is 37.9 Å². The molecule has 0 heterocycles. The molecule has 2 rings (SSSR count). The van der Waals surface area contributed by atoms with Crippen molar-refractivity contribution < 1.29 is 4.74 Å². The van der Waals surface area contributed by atoms with Gasteiger partial charge < -0.3 is 15.4 Å². The minimum Gasteiger partial charge on any atom is -0.491 e. The second-order valence-corrected chi connectivity index (χ2v) is 6.01. The van der Waals surface area contributed by atoms with Crippen molar-refractivity contribution in [2.24, 2.45) is 4.99 Å². The highest BCUT2D eigenvalue weighted by Gasteiger charge is 2.07. The summed E-state index contributed by atoms with van der Waals surface area (Å²) in [6, 6.07) is 18.7. The molecule has 2 N–H and O–H groups in total. The number of benzene rings is 2. The molecular weight excluding hydrogens is 425 g/mol. The van der Waals surface area contributed by atoms with Crippen molar-refractivity contribution in [1.82, 2.24) is 10.6 Å². The molecule has 0 saturated carbocycles. The lowest BCUT2D eigenvalue weighted by atomic mass is 10.1. The van der Waals surface area contributed by atoms with E-state index in [2.05, 4.69) is 46.8 Å². The van der Waals surface area contributed by atoms with Gasteiger partial charge in [0.05, 0.1) is 12.1 Å². The number of ether oxygens (including phenoxy) is 1. The largest absolute Gasteiger partial charge is 0.491 e. The van der Waals surface area contributed by atoms with Gasteiger partial charge in [0.15, 0.2) is 5.96 Å². The summed E-state index contributed by atoms with van der Waals surface area (Å²) >= 11 is 0. The molecule has 25 heavy (non-hydrogen) atoms. The molecule has 136 valence electrons. The second kappa shape index (κ2) is 11.0. The van der Waals surface area contributed by atoms with Crippen molar-refractivity contribution in [2.45, 2.75) is 39.5 Å². The Morgan fingerprint density at radius 3 is 2.20 bits per heavy atom. The third-order valence-electron chi connectivity index (χ3n) is 3.63. The van der Waals surface area contributed by atoms with Crippen LogP contribution in [0.25, 0.3) is 0 Å². The van der Waals surface area contributed by atoms with Crippen LogP contribution in [-0.4, -0.2) is 19.1 Å². The van der Waals surface area contributed by atoms with E-state index in [1.807, 2.05) is 44.2 Å². The Morgan fingerprint density at radius 2 is 1.64 bits per heavy atom. The number of nitrogens with zero attached hydrogens (tertiary/aromatic N) is 1. The standard InChI is InChI=1S/C20H27N3O.HI/c1-15(2)24-19-12-10-17(11-13-19)14-22-20(21-4)23-16(3)18-8-6-5-7-9-18;/h5-13,15-16H,14H2,1-4H3,(H2,21,22,23);1H. The summed E-state index contributed by atoms with van der Waals surface area (Å²) in [7, 11) is 1.78. The molecule has 1 atom stereocenters. The highest BCUT2D eigenvalue weighted by atomic mass is 127. The predicted molar refractivity (Wildman–Crippen MR) is 116 cm³/mol. The Balaban J connectivity index is 0.00000312. The number of hydrogen-bond acceptors (Lipinski definition) is 2. The summed E-state index contributed by atoms with van der Waals surface area (Å²) < 4.78 is 5.66. The first-order valence-corrected chi connectivity index (χ1v) is 8.36. The first-order valence-electron chi connectivity index (χ1n) is 8.36. The van der Waals surface area contributed by atoms with Gasteiger partial charge in [-0.05, 0) is 44.0 Å². The van der Waals surface area contributed by atoms with E-state index in [0.717, 1.165) is 11.7 Å². The van der Waals surface area contributed by atoms with E-state index in [1.54, 1.807) is 7.05 Å². The molecule has 1 unspecified atom stereocenters. The molecule has 2 aromatic rings. The van der Waals surface area contributed by atoms with Crippen molar-refractivity contribution >= 4 is 29.9 Å². The first-order chi connectivity index (χ1) is 11.6. The van der Waals surface area contributed by atoms with E-state index in [0.29, 0.717) is 6.54 Å². The van der Waals surface area contributed by atoms with Crippen molar-refractivity contribution in [2.75, 3.05) is 7.05 Å². The summed E-state index contributed by atoms with van der Waals surface area (Å²) in [5, 5.41) is 6.75. The molecule has 0 aliphatic heterocycles. The first kappa shape index (κ1) is 21.3. The zero-order chi connectivity index (χ0) is 17.4. The lowest BCUT2D eigenvalue weighted by molar-refractivity contribution is 0.242. The third-order valence-corrected chi connectivity index (χ3v) is 3.63. The van der Waals surface area contributed by atoms with Gasteiger partial charge in [0.2, 0.25) is 0 Å². The molecule has 0 aliphatic carbocycles. The van der Waals surface area contributed by atoms with Crippen LogP contribution in [0.5, 0.6) is 5.75 Å². The summed E-state index contributed by atoms with van der Waals surface area (Å²) in [6.07, 6.45) is 0.191. The van der Waals surface area contributed by atoms with Crippen LogP contribution < -0.4 is 15.4 Å². The molecule has 0 saturated heterocycles. The average Bonchev–Trinajstić information content (AvgIpc) is 2.60. The molecule has 2 aromatic carbocycles. The van der Waals surface area contributed by atoms with Crippen molar-refractivity contribution in [3.8, 4) is 5.75 Å². The molecule has 5 heteroatoms. The fourth-order valence-corrected chi connectivity index (χ4v) is 2.37. The summed E-state index contributed by atoms with van der Waals surface area (Å²) in [6.45, 7) is 6.89. The zero-order valence-corrected chi connectivity index (χ0v) is 17.7. The number of hydrogen-bond donors (Lipinski definition) is 2. The van der Waals surface area contributed by atoms with Gasteiger partial charge in [0.25, 0.3) is 0 Å². The molecule has 4 nitrogen and oxygen atoms in total. The number of rotatable bonds is 6. The maximum absolute atomic E-state index is 5.66. The Hall–Kier alpha value is -1.76. The van der Waals surface area contributed by atoms with E-state index in [4.69, 9.17) is 4.74 Å². The number of nitrogens with one attached hydrogen (secondary N) is 2. The van der Waals surface area contributed by atoms with Crippen LogP contribution in [-0.2, 0) is 6.54 Å². The lowest BCUT2D eigenvalue weighted by Crippen LogP contribution is -2.38. The van der Waals surface area contributed by atoms with E-state index < -0.39 is 0 Å². The van der Waals surface area contributed by atoms with E-state index in [9.17, 15) is 0 Å². The van der Waals surface area contributed by atoms with E-state index in [-0.39, 0.29) is 36.1 Å². The molecule has 0 spiro atoms. The zero-order valence-electron chi connectivity index (χ0n) is 15.3. The van der Waals surface area contributed by atoms with Gasteiger partial charge in [0.1, 0.15) is 5.75 Å². The summed E-state index contributed by atoms with van der Waals surface area (Å²) in [5.74, 6) is 1.68. The van der Waals surface area contributed by atoms with E-state index >= 15 is 0 Å². The third kappa shape index (κ3) is 7.34. The normalized spacial score (nSPS) is 12.3. The molecule has 0 amide bonds. The molecule has 0 fully saturated rings.